The first-order valence-electron chi connectivity index (χ1n) is 6.32. The molecular weight excluding hydrogens is 323 g/mol. The number of aryl methyl sites for hydroxylation is 2. The number of benzene rings is 1. The SMILES string of the molecule is CCNc1cc(Nc2cc(F)c(Br)cc2C)nc(C)n1. The fourth-order valence-corrected chi connectivity index (χ4v) is 2.28. The van der Waals surface area contributed by atoms with Crippen LogP contribution in [0.2, 0.25) is 0 Å². The van der Waals surface area contributed by atoms with Crippen LogP contribution >= 0.6 is 15.9 Å². The highest BCUT2D eigenvalue weighted by Crippen LogP contribution is 2.26. The maximum absolute atomic E-state index is 13.6. The van der Waals surface area contributed by atoms with Crippen molar-refractivity contribution in [3.8, 4) is 0 Å². The van der Waals surface area contributed by atoms with Gasteiger partial charge in [-0.15, -0.1) is 0 Å². The van der Waals surface area contributed by atoms with Crippen LogP contribution in [-0.4, -0.2) is 16.5 Å². The van der Waals surface area contributed by atoms with E-state index in [4.69, 9.17) is 0 Å². The minimum Gasteiger partial charge on any atom is -0.370 e. The summed E-state index contributed by atoms with van der Waals surface area (Å²) in [5, 5.41) is 6.26. The Morgan fingerprint density at radius 1 is 1.15 bits per heavy atom. The maximum Gasteiger partial charge on any atom is 0.139 e. The third-order valence-electron chi connectivity index (χ3n) is 2.73. The van der Waals surface area contributed by atoms with Crippen LogP contribution in [0.4, 0.5) is 21.7 Å². The number of hydrogen-bond donors (Lipinski definition) is 2. The van der Waals surface area contributed by atoms with Crippen LogP contribution in [0.25, 0.3) is 0 Å². The summed E-state index contributed by atoms with van der Waals surface area (Å²) in [4.78, 5) is 8.58. The zero-order chi connectivity index (χ0) is 14.7. The molecule has 0 aliphatic rings. The Morgan fingerprint density at radius 3 is 2.55 bits per heavy atom. The van der Waals surface area contributed by atoms with Gasteiger partial charge in [-0.2, -0.15) is 0 Å². The molecule has 0 aliphatic carbocycles. The van der Waals surface area contributed by atoms with E-state index in [0.717, 1.165) is 17.9 Å². The van der Waals surface area contributed by atoms with Gasteiger partial charge >= 0.3 is 0 Å². The summed E-state index contributed by atoms with van der Waals surface area (Å²) >= 11 is 3.17. The van der Waals surface area contributed by atoms with E-state index in [1.807, 2.05) is 20.8 Å². The average Bonchev–Trinajstić information content (AvgIpc) is 2.35. The lowest BCUT2D eigenvalue weighted by atomic mass is 10.2. The molecule has 0 unspecified atom stereocenters. The number of nitrogens with zero attached hydrogens (tertiary/aromatic N) is 2. The van der Waals surface area contributed by atoms with Crippen LogP contribution in [0.15, 0.2) is 22.7 Å². The van der Waals surface area contributed by atoms with E-state index >= 15 is 0 Å². The lowest BCUT2D eigenvalue weighted by Gasteiger charge is -2.12. The van der Waals surface area contributed by atoms with Gasteiger partial charge in [0.1, 0.15) is 23.3 Å². The molecule has 0 bridgehead atoms. The van der Waals surface area contributed by atoms with E-state index in [-0.39, 0.29) is 5.82 Å². The summed E-state index contributed by atoms with van der Waals surface area (Å²) in [5.74, 6) is 1.73. The van der Waals surface area contributed by atoms with Gasteiger partial charge in [0.15, 0.2) is 0 Å². The zero-order valence-corrected chi connectivity index (χ0v) is 13.2. The van der Waals surface area contributed by atoms with Crippen LogP contribution in [0, 0.1) is 19.7 Å². The second-order valence-corrected chi connectivity index (χ2v) is 5.28. The first-order valence-corrected chi connectivity index (χ1v) is 7.11. The normalized spacial score (nSPS) is 10.4. The van der Waals surface area contributed by atoms with Gasteiger partial charge in [-0.05, 0) is 54.4 Å². The first kappa shape index (κ1) is 14.7. The highest BCUT2D eigenvalue weighted by Gasteiger charge is 2.07. The fraction of sp³-hybridized carbons (Fsp3) is 0.286. The largest absolute Gasteiger partial charge is 0.370 e. The van der Waals surface area contributed by atoms with Gasteiger partial charge in [0.25, 0.3) is 0 Å². The molecule has 106 valence electrons. The predicted molar refractivity (Wildman–Crippen MR) is 83.1 cm³/mol. The minimum absolute atomic E-state index is 0.309. The van der Waals surface area contributed by atoms with Crippen LogP contribution < -0.4 is 10.6 Å². The molecule has 2 rings (SSSR count). The Balaban J connectivity index is 2.32. The Kier molecular flexibility index (Phi) is 4.54. The van der Waals surface area contributed by atoms with Gasteiger partial charge in [0, 0.05) is 18.3 Å². The summed E-state index contributed by atoms with van der Waals surface area (Å²) in [6.45, 7) is 6.51. The molecule has 0 radical (unpaired) electrons. The molecule has 0 atom stereocenters. The second-order valence-electron chi connectivity index (χ2n) is 4.42. The lowest BCUT2D eigenvalue weighted by molar-refractivity contribution is 0.621. The van der Waals surface area contributed by atoms with Crippen LogP contribution in [0.1, 0.15) is 18.3 Å². The number of halogens is 2. The van der Waals surface area contributed by atoms with E-state index in [2.05, 4.69) is 36.5 Å². The molecular formula is C14H16BrFN4. The third kappa shape index (κ3) is 3.45. The lowest BCUT2D eigenvalue weighted by Crippen LogP contribution is -2.04. The van der Waals surface area contributed by atoms with Crippen molar-refractivity contribution in [3.05, 3.63) is 39.9 Å². The summed E-state index contributed by atoms with van der Waals surface area (Å²) in [5.41, 5.74) is 1.62. The van der Waals surface area contributed by atoms with Crippen molar-refractivity contribution in [2.45, 2.75) is 20.8 Å². The molecule has 2 N–H and O–H groups in total. The van der Waals surface area contributed by atoms with E-state index in [9.17, 15) is 4.39 Å². The summed E-state index contributed by atoms with van der Waals surface area (Å²) in [6.07, 6.45) is 0. The summed E-state index contributed by atoms with van der Waals surface area (Å²) in [7, 11) is 0. The molecule has 0 aliphatic heterocycles. The monoisotopic (exact) mass is 338 g/mol. The summed E-state index contributed by atoms with van der Waals surface area (Å²) in [6, 6.07) is 4.98. The van der Waals surface area contributed by atoms with Gasteiger partial charge in [-0.3, -0.25) is 0 Å². The molecule has 0 saturated heterocycles. The van der Waals surface area contributed by atoms with Crippen molar-refractivity contribution in [3.63, 3.8) is 0 Å². The van der Waals surface area contributed by atoms with E-state index < -0.39 is 0 Å². The molecule has 2 aromatic rings. The minimum atomic E-state index is -0.309. The molecule has 1 aromatic carbocycles. The Morgan fingerprint density at radius 2 is 1.85 bits per heavy atom. The van der Waals surface area contributed by atoms with Crippen molar-refractivity contribution in [1.82, 2.24) is 9.97 Å². The van der Waals surface area contributed by atoms with Crippen LogP contribution in [0.5, 0.6) is 0 Å². The van der Waals surface area contributed by atoms with Crippen molar-refractivity contribution in [2.75, 3.05) is 17.2 Å². The molecule has 0 amide bonds. The average molecular weight is 339 g/mol. The molecule has 0 fully saturated rings. The molecule has 4 nitrogen and oxygen atoms in total. The zero-order valence-electron chi connectivity index (χ0n) is 11.6. The molecule has 1 aromatic heterocycles. The van der Waals surface area contributed by atoms with Crippen LogP contribution in [-0.2, 0) is 0 Å². The second kappa shape index (κ2) is 6.17. The molecule has 1 heterocycles. The third-order valence-corrected chi connectivity index (χ3v) is 3.33. The van der Waals surface area contributed by atoms with E-state index in [0.29, 0.717) is 21.8 Å². The summed E-state index contributed by atoms with van der Waals surface area (Å²) < 4.78 is 14.1. The first-order chi connectivity index (χ1) is 9.49. The van der Waals surface area contributed by atoms with Crippen molar-refractivity contribution < 1.29 is 4.39 Å². The number of hydrogen-bond acceptors (Lipinski definition) is 4. The van der Waals surface area contributed by atoms with Gasteiger partial charge in [-0.25, -0.2) is 14.4 Å². The quantitative estimate of drug-likeness (QED) is 0.878. The van der Waals surface area contributed by atoms with E-state index in [1.165, 1.54) is 6.07 Å². The van der Waals surface area contributed by atoms with Crippen molar-refractivity contribution >= 4 is 33.3 Å². The van der Waals surface area contributed by atoms with Crippen molar-refractivity contribution in [2.24, 2.45) is 0 Å². The van der Waals surface area contributed by atoms with Gasteiger partial charge < -0.3 is 10.6 Å². The number of anilines is 3. The standard InChI is InChI=1S/C14H16BrFN4/c1-4-17-13-7-14(19-9(3)18-13)20-12-6-11(16)10(15)5-8(12)2/h5-7H,4H2,1-3H3,(H2,17,18,19,20). The smallest absolute Gasteiger partial charge is 0.139 e. The van der Waals surface area contributed by atoms with Gasteiger partial charge in [0.2, 0.25) is 0 Å². The molecule has 0 spiro atoms. The van der Waals surface area contributed by atoms with Crippen LogP contribution in [0.3, 0.4) is 0 Å². The predicted octanol–water partition coefficient (Wildman–Crippen LogP) is 4.17. The van der Waals surface area contributed by atoms with Gasteiger partial charge in [-0.1, -0.05) is 0 Å². The fourth-order valence-electron chi connectivity index (χ4n) is 1.82. The molecule has 20 heavy (non-hydrogen) atoms. The Hall–Kier alpha value is -1.69. The molecule has 6 heteroatoms. The van der Waals surface area contributed by atoms with Gasteiger partial charge in [0.05, 0.1) is 4.47 Å². The Bertz CT molecular complexity index is 631. The number of aromatic nitrogens is 2. The highest BCUT2D eigenvalue weighted by molar-refractivity contribution is 9.10. The van der Waals surface area contributed by atoms with Crippen molar-refractivity contribution in [1.29, 1.82) is 0 Å². The number of rotatable bonds is 4. The highest BCUT2D eigenvalue weighted by atomic mass is 79.9. The maximum atomic E-state index is 13.6. The number of nitrogens with one attached hydrogen (secondary N) is 2. The molecule has 0 saturated carbocycles. The Labute approximate surface area is 126 Å². The van der Waals surface area contributed by atoms with E-state index in [1.54, 1.807) is 12.1 Å². The topological polar surface area (TPSA) is 49.8 Å².